The molecule has 2 fully saturated rings. The number of rotatable bonds is 4. The van der Waals surface area contributed by atoms with Crippen LogP contribution in [0.1, 0.15) is 25.7 Å². The first kappa shape index (κ1) is 21.1. The second-order valence-electron chi connectivity index (χ2n) is 7.71. The van der Waals surface area contributed by atoms with E-state index in [1.165, 1.54) is 21.3 Å². The van der Waals surface area contributed by atoms with Gasteiger partial charge in [0.05, 0.1) is 23.8 Å². The zero-order valence-corrected chi connectivity index (χ0v) is 17.7. The van der Waals surface area contributed by atoms with Crippen LogP contribution in [0.25, 0.3) is 0 Å². The number of benzene rings is 1. The molecule has 0 bridgehead atoms. The number of anilines is 1. The summed E-state index contributed by atoms with van der Waals surface area (Å²) < 4.78 is 38.6. The SMILES string of the molecule is O=C(CN1C(=O)COc2ccc(S(=O)(=O)N3CCCCCC3)cc21)N1CCOCC1. The number of carbonyl (C=O) groups excluding carboxylic acids is 2. The topological polar surface area (TPSA) is 96.5 Å². The van der Waals surface area contributed by atoms with Gasteiger partial charge in [-0.25, -0.2) is 8.42 Å². The minimum Gasteiger partial charge on any atom is -0.482 e. The van der Waals surface area contributed by atoms with E-state index in [0.29, 0.717) is 50.8 Å². The molecule has 9 nitrogen and oxygen atoms in total. The lowest BCUT2D eigenvalue weighted by Gasteiger charge is -2.33. The number of hydrogen-bond acceptors (Lipinski definition) is 6. The third-order valence-corrected chi connectivity index (χ3v) is 7.63. The summed E-state index contributed by atoms with van der Waals surface area (Å²) in [6.45, 7) is 2.56. The van der Waals surface area contributed by atoms with Crippen LogP contribution in [0.3, 0.4) is 0 Å². The number of fused-ring (bicyclic) bond motifs is 1. The van der Waals surface area contributed by atoms with Crippen molar-refractivity contribution in [3.8, 4) is 5.75 Å². The number of amides is 2. The molecule has 2 amide bonds. The van der Waals surface area contributed by atoms with E-state index in [-0.39, 0.29) is 29.9 Å². The Bertz CT molecular complexity index is 905. The molecule has 0 unspecified atom stereocenters. The highest BCUT2D eigenvalue weighted by molar-refractivity contribution is 7.89. The van der Waals surface area contributed by atoms with E-state index >= 15 is 0 Å². The predicted octanol–water partition coefficient (Wildman–Crippen LogP) is 0.835. The second kappa shape index (κ2) is 8.91. The van der Waals surface area contributed by atoms with Gasteiger partial charge in [0, 0.05) is 26.2 Å². The number of sulfonamides is 1. The van der Waals surface area contributed by atoms with Crippen LogP contribution in [0, 0.1) is 0 Å². The fourth-order valence-electron chi connectivity index (χ4n) is 3.99. The van der Waals surface area contributed by atoms with Gasteiger partial charge in [0.2, 0.25) is 15.9 Å². The van der Waals surface area contributed by atoms with Crippen LogP contribution < -0.4 is 9.64 Å². The molecule has 3 heterocycles. The first-order valence-electron chi connectivity index (χ1n) is 10.4. The van der Waals surface area contributed by atoms with Crippen LogP contribution in [0.15, 0.2) is 23.1 Å². The normalized spacial score (nSPS) is 21.0. The molecule has 164 valence electrons. The molecule has 0 spiro atoms. The van der Waals surface area contributed by atoms with Gasteiger partial charge in [-0.3, -0.25) is 14.5 Å². The molecular formula is C20H27N3O6S. The van der Waals surface area contributed by atoms with E-state index in [1.807, 2.05) is 0 Å². The van der Waals surface area contributed by atoms with Crippen LogP contribution >= 0.6 is 0 Å². The Morgan fingerprint density at radius 3 is 2.40 bits per heavy atom. The van der Waals surface area contributed by atoms with E-state index in [1.54, 1.807) is 11.0 Å². The summed E-state index contributed by atoms with van der Waals surface area (Å²) in [4.78, 5) is 28.3. The number of hydrogen-bond donors (Lipinski definition) is 0. The second-order valence-corrected chi connectivity index (χ2v) is 9.65. The molecule has 3 aliphatic heterocycles. The number of carbonyl (C=O) groups is 2. The smallest absolute Gasteiger partial charge is 0.265 e. The summed E-state index contributed by atoms with van der Waals surface area (Å²) in [6.07, 6.45) is 3.73. The summed E-state index contributed by atoms with van der Waals surface area (Å²) in [5, 5.41) is 0. The standard InChI is InChI=1S/C20H27N3O6S/c24-19(21-9-11-28-12-10-21)14-23-17-13-16(5-6-18(17)29-15-20(23)25)30(26,27)22-7-3-1-2-4-8-22/h5-6,13H,1-4,7-12,14-15H2. The first-order valence-corrected chi connectivity index (χ1v) is 11.8. The summed E-state index contributed by atoms with van der Waals surface area (Å²) in [5.41, 5.74) is 0.323. The lowest BCUT2D eigenvalue weighted by molar-refractivity contribution is -0.135. The zero-order chi connectivity index (χ0) is 21.1. The Balaban J connectivity index is 1.60. The van der Waals surface area contributed by atoms with E-state index in [2.05, 4.69) is 0 Å². The van der Waals surface area contributed by atoms with E-state index in [9.17, 15) is 18.0 Å². The average Bonchev–Trinajstić information content (AvgIpc) is 3.06. The van der Waals surface area contributed by atoms with Crippen molar-refractivity contribution >= 4 is 27.5 Å². The van der Waals surface area contributed by atoms with Crippen LogP contribution in [-0.4, -0.2) is 82.0 Å². The Morgan fingerprint density at radius 1 is 1.00 bits per heavy atom. The van der Waals surface area contributed by atoms with Crippen LogP contribution in [-0.2, 0) is 24.3 Å². The molecule has 0 saturated carbocycles. The third-order valence-electron chi connectivity index (χ3n) is 5.73. The molecule has 4 rings (SSSR count). The van der Waals surface area contributed by atoms with Crippen LogP contribution in [0.4, 0.5) is 5.69 Å². The van der Waals surface area contributed by atoms with Gasteiger partial charge in [-0.15, -0.1) is 0 Å². The molecule has 0 N–H and O–H groups in total. The fraction of sp³-hybridized carbons (Fsp3) is 0.600. The monoisotopic (exact) mass is 437 g/mol. The maximum Gasteiger partial charge on any atom is 0.265 e. The summed E-state index contributed by atoms with van der Waals surface area (Å²) in [7, 11) is -3.68. The molecule has 0 radical (unpaired) electrons. The Morgan fingerprint density at radius 2 is 1.70 bits per heavy atom. The molecule has 0 aromatic heterocycles. The van der Waals surface area contributed by atoms with Crippen molar-refractivity contribution < 1.29 is 27.5 Å². The number of nitrogens with zero attached hydrogens (tertiary/aromatic N) is 3. The first-order chi connectivity index (χ1) is 14.5. The zero-order valence-electron chi connectivity index (χ0n) is 16.9. The molecule has 0 aliphatic carbocycles. The van der Waals surface area contributed by atoms with E-state index in [0.717, 1.165) is 25.7 Å². The molecule has 1 aromatic rings. The highest BCUT2D eigenvalue weighted by Crippen LogP contribution is 2.35. The maximum atomic E-state index is 13.2. The van der Waals surface area contributed by atoms with Crippen molar-refractivity contribution in [2.75, 3.05) is 57.4 Å². The van der Waals surface area contributed by atoms with E-state index in [4.69, 9.17) is 9.47 Å². The van der Waals surface area contributed by atoms with Gasteiger partial charge in [-0.1, -0.05) is 12.8 Å². The quantitative estimate of drug-likeness (QED) is 0.693. The molecule has 2 saturated heterocycles. The lowest BCUT2D eigenvalue weighted by atomic mass is 10.2. The summed E-state index contributed by atoms with van der Waals surface area (Å²) in [6, 6.07) is 4.54. The molecule has 1 aromatic carbocycles. The molecular weight excluding hydrogens is 410 g/mol. The Labute approximate surface area is 176 Å². The minimum absolute atomic E-state index is 0.116. The van der Waals surface area contributed by atoms with Gasteiger partial charge in [-0.05, 0) is 31.0 Å². The summed E-state index contributed by atoms with van der Waals surface area (Å²) >= 11 is 0. The fourth-order valence-corrected chi connectivity index (χ4v) is 5.53. The van der Waals surface area contributed by atoms with Gasteiger partial charge in [0.25, 0.3) is 5.91 Å². The lowest BCUT2D eigenvalue weighted by Crippen LogP contribution is -2.49. The largest absolute Gasteiger partial charge is 0.482 e. The highest BCUT2D eigenvalue weighted by atomic mass is 32.2. The minimum atomic E-state index is -3.68. The summed E-state index contributed by atoms with van der Waals surface area (Å²) in [5.74, 6) is -0.159. The predicted molar refractivity (Wildman–Crippen MR) is 109 cm³/mol. The third kappa shape index (κ3) is 4.30. The number of ether oxygens (including phenoxy) is 2. The van der Waals surface area contributed by atoms with Crippen LogP contribution in [0.5, 0.6) is 5.75 Å². The molecule has 10 heteroatoms. The Hall–Kier alpha value is -2.17. The highest BCUT2D eigenvalue weighted by Gasteiger charge is 2.32. The van der Waals surface area contributed by atoms with Crippen molar-refractivity contribution in [2.45, 2.75) is 30.6 Å². The van der Waals surface area contributed by atoms with Crippen molar-refractivity contribution in [3.05, 3.63) is 18.2 Å². The van der Waals surface area contributed by atoms with Gasteiger partial charge < -0.3 is 14.4 Å². The molecule has 0 atom stereocenters. The van der Waals surface area contributed by atoms with Crippen LogP contribution in [0.2, 0.25) is 0 Å². The average molecular weight is 438 g/mol. The van der Waals surface area contributed by atoms with Gasteiger partial charge >= 0.3 is 0 Å². The van der Waals surface area contributed by atoms with Crippen molar-refractivity contribution in [1.82, 2.24) is 9.21 Å². The van der Waals surface area contributed by atoms with Crippen molar-refractivity contribution in [2.24, 2.45) is 0 Å². The maximum absolute atomic E-state index is 13.2. The van der Waals surface area contributed by atoms with Gasteiger partial charge in [-0.2, -0.15) is 4.31 Å². The van der Waals surface area contributed by atoms with E-state index < -0.39 is 10.0 Å². The number of morpholine rings is 1. The van der Waals surface area contributed by atoms with Gasteiger partial charge in [0.15, 0.2) is 6.61 Å². The van der Waals surface area contributed by atoms with Crippen molar-refractivity contribution in [3.63, 3.8) is 0 Å². The molecule has 30 heavy (non-hydrogen) atoms. The molecule has 3 aliphatic rings. The Kier molecular flexibility index (Phi) is 6.26. The van der Waals surface area contributed by atoms with Gasteiger partial charge in [0.1, 0.15) is 12.3 Å². The van der Waals surface area contributed by atoms with Crippen molar-refractivity contribution in [1.29, 1.82) is 0 Å².